The van der Waals surface area contributed by atoms with Crippen LogP contribution in [-0.2, 0) is 23.7 Å². The third kappa shape index (κ3) is 5.15. The molecular weight excluding hydrogens is 398 g/mol. The van der Waals surface area contributed by atoms with Gasteiger partial charge in [-0.15, -0.1) is 0 Å². The van der Waals surface area contributed by atoms with Crippen molar-refractivity contribution in [2.75, 3.05) is 0 Å². The number of benzene rings is 1. The Balaban J connectivity index is 2.46. The molecule has 2 rings (SSSR count). The zero-order valence-corrected chi connectivity index (χ0v) is 15.1. The van der Waals surface area contributed by atoms with Gasteiger partial charge in [0, 0.05) is 6.42 Å². The van der Waals surface area contributed by atoms with Gasteiger partial charge in [-0.2, -0.15) is 26.3 Å². The van der Waals surface area contributed by atoms with Crippen molar-refractivity contribution in [1.82, 2.24) is 9.55 Å². The van der Waals surface area contributed by atoms with Crippen molar-refractivity contribution >= 4 is 28.4 Å². The molecule has 0 radical (unpaired) electrons. The summed E-state index contributed by atoms with van der Waals surface area (Å²) < 4.78 is 79.5. The van der Waals surface area contributed by atoms with Gasteiger partial charge in [0.1, 0.15) is 0 Å². The van der Waals surface area contributed by atoms with E-state index in [1.54, 1.807) is 0 Å². The molecule has 0 N–H and O–H groups in total. The number of ketones is 1. The number of fused-ring (bicyclic) bond motifs is 1. The van der Waals surface area contributed by atoms with Crippen molar-refractivity contribution in [2.45, 2.75) is 57.9 Å². The van der Waals surface area contributed by atoms with E-state index in [4.69, 9.17) is 11.6 Å². The Morgan fingerprint density at radius 3 is 2.30 bits per heavy atom. The highest BCUT2D eigenvalue weighted by molar-refractivity contribution is 6.32. The lowest BCUT2D eigenvalue weighted by Gasteiger charge is -2.12. The molecule has 0 spiro atoms. The number of Topliss-reactive ketones (excluding diaryl/α,β-unsaturated/α-hetero) is 1. The van der Waals surface area contributed by atoms with Gasteiger partial charge in [-0.05, 0) is 18.6 Å². The summed E-state index contributed by atoms with van der Waals surface area (Å²) in [6.45, 7) is 1.27. The zero-order chi connectivity index (χ0) is 20.4. The summed E-state index contributed by atoms with van der Waals surface area (Å²) in [4.78, 5) is 15.4. The number of nitrogens with zero attached hydrogens (tertiary/aromatic N) is 2. The molecule has 1 aromatic carbocycles. The van der Waals surface area contributed by atoms with Crippen LogP contribution in [0, 0.1) is 0 Å². The third-order valence-corrected chi connectivity index (χ3v) is 4.35. The van der Waals surface area contributed by atoms with Gasteiger partial charge in [-0.3, -0.25) is 4.79 Å². The smallest absolute Gasteiger partial charge is 0.313 e. The van der Waals surface area contributed by atoms with Gasteiger partial charge in [0.05, 0.1) is 28.2 Å². The SMILES string of the molecule is CCCCCCC(=O)Cn1c(C(F)(F)F)nc2cc(Cl)c(C(F)(F)F)cc21. The summed E-state index contributed by atoms with van der Waals surface area (Å²) in [5.74, 6) is -1.92. The first-order valence-corrected chi connectivity index (χ1v) is 8.68. The summed E-state index contributed by atoms with van der Waals surface area (Å²) in [6.07, 6.45) is -6.62. The van der Waals surface area contributed by atoms with Crippen LogP contribution >= 0.6 is 11.6 Å². The van der Waals surface area contributed by atoms with Gasteiger partial charge in [-0.1, -0.05) is 37.8 Å². The van der Waals surface area contributed by atoms with Crippen LogP contribution in [0.5, 0.6) is 0 Å². The van der Waals surface area contributed by atoms with E-state index in [1.165, 1.54) is 0 Å². The van der Waals surface area contributed by atoms with E-state index >= 15 is 0 Å². The largest absolute Gasteiger partial charge is 0.449 e. The van der Waals surface area contributed by atoms with Gasteiger partial charge in [0.2, 0.25) is 5.82 Å². The second-order valence-corrected chi connectivity index (χ2v) is 6.59. The summed E-state index contributed by atoms with van der Waals surface area (Å²) in [6, 6.07) is 1.24. The molecule has 0 bridgehead atoms. The van der Waals surface area contributed by atoms with Crippen molar-refractivity contribution in [3.8, 4) is 0 Å². The molecule has 0 unspecified atom stereocenters. The lowest BCUT2D eigenvalue weighted by molar-refractivity contribution is -0.147. The lowest BCUT2D eigenvalue weighted by atomic mass is 10.1. The lowest BCUT2D eigenvalue weighted by Crippen LogP contribution is -2.19. The number of carbonyl (C=O) groups excluding carboxylic acids is 1. The maximum atomic E-state index is 13.3. The van der Waals surface area contributed by atoms with Gasteiger partial charge < -0.3 is 4.57 Å². The Morgan fingerprint density at radius 1 is 1.07 bits per heavy atom. The molecule has 3 nitrogen and oxygen atoms in total. The fourth-order valence-electron chi connectivity index (χ4n) is 2.74. The first-order chi connectivity index (χ1) is 12.4. The summed E-state index contributed by atoms with van der Waals surface area (Å²) in [7, 11) is 0. The maximum Gasteiger partial charge on any atom is 0.449 e. The Morgan fingerprint density at radius 2 is 1.74 bits per heavy atom. The normalized spacial score (nSPS) is 12.7. The maximum absolute atomic E-state index is 13.3. The molecule has 0 saturated carbocycles. The molecule has 1 aromatic heterocycles. The number of unbranched alkanes of at least 4 members (excludes halogenated alkanes) is 3. The molecule has 0 aliphatic rings. The van der Waals surface area contributed by atoms with E-state index in [0.29, 0.717) is 17.1 Å². The highest BCUT2D eigenvalue weighted by atomic mass is 35.5. The van der Waals surface area contributed by atoms with E-state index in [9.17, 15) is 31.1 Å². The number of hydrogen-bond acceptors (Lipinski definition) is 2. The molecule has 150 valence electrons. The second kappa shape index (κ2) is 8.08. The van der Waals surface area contributed by atoms with E-state index in [-0.39, 0.29) is 11.9 Å². The first kappa shape index (κ1) is 21.5. The third-order valence-electron chi connectivity index (χ3n) is 4.04. The van der Waals surface area contributed by atoms with E-state index < -0.39 is 46.6 Å². The van der Waals surface area contributed by atoms with Crippen LogP contribution < -0.4 is 0 Å². The predicted octanol–water partition coefficient (Wildman–Crippen LogP) is 6.27. The summed E-state index contributed by atoms with van der Waals surface area (Å²) in [5, 5.41) is -0.751. The highest BCUT2D eigenvalue weighted by Gasteiger charge is 2.39. The highest BCUT2D eigenvalue weighted by Crippen LogP contribution is 2.39. The predicted molar refractivity (Wildman–Crippen MR) is 88.5 cm³/mol. The fourth-order valence-corrected chi connectivity index (χ4v) is 3.01. The molecule has 0 fully saturated rings. The van der Waals surface area contributed by atoms with E-state index in [2.05, 4.69) is 4.98 Å². The van der Waals surface area contributed by atoms with Gasteiger partial charge >= 0.3 is 12.4 Å². The van der Waals surface area contributed by atoms with Gasteiger partial charge in [0.25, 0.3) is 0 Å². The number of hydrogen-bond donors (Lipinski definition) is 0. The average Bonchev–Trinajstić information content (AvgIpc) is 2.87. The number of carbonyl (C=O) groups is 1. The molecule has 27 heavy (non-hydrogen) atoms. The summed E-state index contributed by atoms with van der Waals surface area (Å²) >= 11 is 5.55. The van der Waals surface area contributed by atoms with Crippen LogP contribution in [0.1, 0.15) is 50.4 Å². The minimum atomic E-state index is -4.92. The first-order valence-electron chi connectivity index (χ1n) is 8.31. The van der Waals surface area contributed by atoms with Crippen LogP contribution in [0.25, 0.3) is 11.0 Å². The van der Waals surface area contributed by atoms with Crippen molar-refractivity contribution < 1.29 is 31.1 Å². The molecule has 0 amide bonds. The van der Waals surface area contributed by atoms with Crippen molar-refractivity contribution in [3.63, 3.8) is 0 Å². The molecule has 0 aliphatic heterocycles. The minimum Gasteiger partial charge on any atom is -0.313 e. The molecular formula is C17H17ClF6N2O. The Labute approximate surface area is 156 Å². The molecule has 10 heteroatoms. The van der Waals surface area contributed by atoms with Crippen molar-refractivity contribution in [2.24, 2.45) is 0 Å². The number of rotatable bonds is 7. The van der Waals surface area contributed by atoms with E-state index in [1.807, 2.05) is 6.92 Å². The number of imidazole rings is 1. The Hall–Kier alpha value is -1.77. The fraction of sp³-hybridized carbons (Fsp3) is 0.529. The quantitative estimate of drug-likeness (QED) is 0.395. The average molecular weight is 415 g/mol. The monoisotopic (exact) mass is 414 g/mol. The van der Waals surface area contributed by atoms with Gasteiger partial charge in [-0.25, -0.2) is 4.98 Å². The number of alkyl halides is 6. The van der Waals surface area contributed by atoms with Crippen LogP contribution in [0.4, 0.5) is 26.3 Å². The number of halogens is 7. The van der Waals surface area contributed by atoms with Crippen LogP contribution in [0.2, 0.25) is 5.02 Å². The second-order valence-electron chi connectivity index (χ2n) is 6.19. The molecule has 0 atom stereocenters. The van der Waals surface area contributed by atoms with Crippen LogP contribution in [0.15, 0.2) is 12.1 Å². The number of aromatic nitrogens is 2. The summed E-state index contributed by atoms with van der Waals surface area (Å²) in [5.41, 5.74) is -2.05. The topological polar surface area (TPSA) is 34.9 Å². The Kier molecular flexibility index (Phi) is 6.44. The molecule has 2 aromatic rings. The molecule has 0 aliphatic carbocycles. The zero-order valence-electron chi connectivity index (χ0n) is 14.3. The molecule has 0 saturated heterocycles. The van der Waals surface area contributed by atoms with Crippen LogP contribution in [0.3, 0.4) is 0 Å². The van der Waals surface area contributed by atoms with Crippen molar-refractivity contribution in [3.05, 3.63) is 28.5 Å². The standard InChI is InChI=1S/C17H17ClF6N2O/c1-2-3-4-5-6-10(27)9-26-14-7-11(16(19,20)21)12(18)8-13(14)25-15(26)17(22,23)24/h7-8H,2-6,9H2,1H3. The Bertz CT molecular complexity index is 825. The van der Waals surface area contributed by atoms with Crippen LogP contribution in [-0.4, -0.2) is 15.3 Å². The van der Waals surface area contributed by atoms with Gasteiger partial charge in [0.15, 0.2) is 5.78 Å². The van der Waals surface area contributed by atoms with E-state index in [0.717, 1.165) is 25.3 Å². The molecule has 1 heterocycles. The van der Waals surface area contributed by atoms with Crippen molar-refractivity contribution in [1.29, 1.82) is 0 Å². The minimum absolute atomic E-state index is 0.0523.